The maximum Gasteiger partial charge on any atom is 0.126 e. The van der Waals surface area contributed by atoms with Crippen LogP contribution in [0.4, 0.5) is 4.39 Å². The van der Waals surface area contributed by atoms with Gasteiger partial charge in [-0.05, 0) is 49.6 Å². The molecule has 0 aromatic heterocycles. The third-order valence-corrected chi connectivity index (χ3v) is 5.98. The standard InChI is InChI=1S/C22H27FN2O/c1-15-5-3-6-17(22(15)26-2)14-25-12-4-7-20-21(25)19(13-24-20)16-8-10-18(23)11-9-16/h3,5-6,8-11,19-21,24H,4,7,12-14H2,1-2H3/t19-,20-,21-/m1/s1. The van der Waals surface area contributed by atoms with Crippen molar-refractivity contribution in [1.29, 1.82) is 0 Å². The third-order valence-electron chi connectivity index (χ3n) is 5.98. The molecule has 0 bridgehead atoms. The van der Waals surface area contributed by atoms with Crippen molar-refractivity contribution in [3.8, 4) is 5.75 Å². The van der Waals surface area contributed by atoms with Crippen molar-refractivity contribution in [2.45, 2.75) is 44.3 Å². The summed E-state index contributed by atoms with van der Waals surface area (Å²) in [5.74, 6) is 1.23. The van der Waals surface area contributed by atoms with Gasteiger partial charge in [-0.2, -0.15) is 0 Å². The predicted octanol–water partition coefficient (Wildman–Crippen LogP) is 3.86. The van der Waals surface area contributed by atoms with E-state index in [-0.39, 0.29) is 5.82 Å². The quantitative estimate of drug-likeness (QED) is 0.902. The molecule has 2 saturated heterocycles. The smallest absolute Gasteiger partial charge is 0.126 e. The van der Waals surface area contributed by atoms with Gasteiger partial charge in [0.25, 0.3) is 0 Å². The van der Waals surface area contributed by atoms with E-state index in [1.54, 1.807) is 19.2 Å². The van der Waals surface area contributed by atoms with E-state index in [4.69, 9.17) is 4.74 Å². The normalized spacial score (nSPS) is 25.9. The molecule has 2 aliphatic rings. The molecule has 0 unspecified atom stereocenters. The van der Waals surface area contributed by atoms with Crippen molar-refractivity contribution in [2.24, 2.45) is 0 Å². The minimum atomic E-state index is -0.166. The van der Waals surface area contributed by atoms with Gasteiger partial charge in [0.2, 0.25) is 0 Å². The topological polar surface area (TPSA) is 24.5 Å². The van der Waals surface area contributed by atoms with E-state index in [1.165, 1.54) is 29.5 Å². The minimum Gasteiger partial charge on any atom is -0.496 e. The highest BCUT2D eigenvalue weighted by atomic mass is 19.1. The summed E-state index contributed by atoms with van der Waals surface area (Å²) >= 11 is 0. The molecule has 2 aromatic rings. The molecule has 26 heavy (non-hydrogen) atoms. The zero-order valence-electron chi connectivity index (χ0n) is 15.5. The summed E-state index contributed by atoms with van der Waals surface area (Å²) in [6.45, 7) is 5.05. The predicted molar refractivity (Wildman–Crippen MR) is 102 cm³/mol. The van der Waals surface area contributed by atoms with Crippen LogP contribution in [0.1, 0.15) is 35.4 Å². The molecule has 4 rings (SSSR count). The highest BCUT2D eigenvalue weighted by molar-refractivity contribution is 5.41. The van der Waals surface area contributed by atoms with Crippen LogP contribution in [0.2, 0.25) is 0 Å². The average Bonchev–Trinajstić information content (AvgIpc) is 3.08. The van der Waals surface area contributed by atoms with E-state index in [9.17, 15) is 4.39 Å². The monoisotopic (exact) mass is 354 g/mol. The van der Waals surface area contributed by atoms with Gasteiger partial charge in [-0.15, -0.1) is 0 Å². The summed E-state index contributed by atoms with van der Waals surface area (Å²) in [7, 11) is 1.75. The SMILES string of the molecule is COc1c(C)cccc1CN1CCC[C@H]2NC[C@H](c3ccc(F)cc3)[C@H]21. The molecule has 0 amide bonds. The number of halogens is 1. The van der Waals surface area contributed by atoms with Gasteiger partial charge < -0.3 is 10.1 Å². The Balaban J connectivity index is 1.61. The van der Waals surface area contributed by atoms with Crippen molar-refractivity contribution in [3.63, 3.8) is 0 Å². The van der Waals surface area contributed by atoms with Crippen LogP contribution in [0.5, 0.6) is 5.75 Å². The molecule has 2 aromatic carbocycles. The fourth-order valence-electron chi connectivity index (χ4n) is 4.80. The Kier molecular flexibility index (Phi) is 4.96. The van der Waals surface area contributed by atoms with E-state index >= 15 is 0 Å². The highest BCUT2D eigenvalue weighted by Crippen LogP contribution is 2.37. The lowest BCUT2D eigenvalue weighted by Gasteiger charge is -2.40. The number of likely N-dealkylation sites (tertiary alicyclic amines) is 1. The number of hydrogen-bond acceptors (Lipinski definition) is 3. The van der Waals surface area contributed by atoms with Crippen LogP contribution >= 0.6 is 0 Å². The van der Waals surface area contributed by atoms with Crippen molar-refractivity contribution in [2.75, 3.05) is 20.2 Å². The van der Waals surface area contributed by atoms with Crippen LogP contribution in [-0.2, 0) is 6.54 Å². The van der Waals surface area contributed by atoms with E-state index in [0.29, 0.717) is 18.0 Å². The molecule has 4 heteroatoms. The molecule has 3 nitrogen and oxygen atoms in total. The second kappa shape index (κ2) is 7.37. The van der Waals surface area contributed by atoms with E-state index in [0.717, 1.165) is 25.4 Å². The molecule has 2 aliphatic heterocycles. The molecule has 3 atom stereocenters. The summed E-state index contributed by atoms with van der Waals surface area (Å²) in [6.07, 6.45) is 2.42. The zero-order valence-corrected chi connectivity index (χ0v) is 15.5. The molecular formula is C22H27FN2O. The van der Waals surface area contributed by atoms with Gasteiger partial charge in [0, 0.05) is 36.7 Å². The Morgan fingerprint density at radius 1 is 1.19 bits per heavy atom. The van der Waals surface area contributed by atoms with Crippen molar-refractivity contribution < 1.29 is 9.13 Å². The van der Waals surface area contributed by atoms with Gasteiger partial charge in [-0.25, -0.2) is 4.39 Å². The van der Waals surface area contributed by atoms with Crippen LogP contribution in [0, 0.1) is 12.7 Å². The lowest BCUT2D eigenvalue weighted by Crippen LogP contribution is -2.49. The Labute approximate surface area is 155 Å². The maximum atomic E-state index is 13.4. The summed E-state index contributed by atoms with van der Waals surface area (Å²) < 4.78 is 19.0. The Bertz CT molecular complexity index is 761. The first-order valence-corrected chi connectivity index (χ1v) is 9.53. The highest BCUT2D eigenvalue weighted by Gasteiger charge is 2.42. The van der Waals surface area contributed by atoms with E-state index < -0.39 is 0 Å². The van der Waals surface area contributed by atoms with Crippen LogP contribution in [0.25, 0.3) is 0 Å². The van der Waals surface area contributed by atoms with Gasteiger partial charge >= 0.3 is 0 Å². The number of methoxy groups -OCH3 is 1. The first-order valence-electron chi connectivity index (χ1n) is 9.53. The third kappa shape index (κ3) is 3.24. The summed E-state index contributed by atoms with van der Waals surface area (Å²) in [5.41, 5.74) is 3.66. The van der Waals surface area contributed by atoms with Gasteiger partial charge in [0.1, 0.15) is 11.6 Å². The Morgan fingerprint density at radius 3 is 2.77 bits per heavy atom. The zero-order chi connectivity index (χ0) is 18.1. The first kappa shape index (κ1) is 17.5. The fourth-order valence-corrected chi connectivity index (χ4v) is 4.80. The number of para-hydroxylation sites is 1. The number of ether oxygens (including phenoxy) is 1. The molecule has 0 spiro atoms. The number of nitrogens with zero attached hydrogens (tertiary/aromatic N) is 1. The van der Waals surface area contributed by atoms with Gasteiger partial charge in [0.15, 0.2) is 0 Å². The van der Waals surface area contributed by atoms with Crippen LogP contribution in [0.3, 0.4) is 0 Å². The lowest BCUT2D eigenvalue weighted by molar-refractivity contribution is 0.119. The van der Waals surface area contributed by atoms with Crippen LogP contribution in [-0.4, -0.2) is 37.2 Å². The molecule has 2 fully saturated rings. The molecular weight excluding hydrogens is 327 g/mol. The van der Waals surface area contributed by atoms with Crippen molar-refractivity contribution in [3.05, 3.63) is 65.0 Å². The Morgan fingerprint density at radius 2 is 2.00 bits per heavy atom. The molecule has 0 radical (unpaired) electrons. The van der Waals surface area contributed by atoms with Crippen LogP contribution < -0.4 is 10.1 Å². The minimum absolute atomic E-state index is 0.166. The number of nitrogens with one attached hydrogen (secondary N) is 1. The number of benzene rings is 2. The molecule has 138 valence electrons. The maximum absolute atomic E-state index is 13.4. The number of rotatable bonds is 4. The summed E-state index contributed by atoms with van der Waals surface area (Å²) in [4.78, 5) is 2.60. The van der Waals surface area contributed by atoms with Crippen molar-refractivity contribution in [1.82, 2.24) is 10.2 Å². The van der Waals surface area contributed by atoms with Gasteiger partial charge in [-0.1, -0.05) is 30.3 Å². The van der Waals surface area contributed by atoms with E-state index in [2.05, 4.69) is 35.3 Å². The second-order valence-electron chi connectivity index (χ2n) is 7.54. The molecule has 0 saturated carbocycles. The summed E-state index contributed by atoms with van der Waals surface area (Å²) in [5, 5.41) is 3.71. The van der Waals surface area contributed by atoms with Crippen molar-refractivity contribution >= 4 is 0 Å². The van der Waals surface area contributed by atoms with E-state index in [1.807, 2.05) is 12.1 Å². The lowest BCUT2D eigenvalue weighted by atomic mass is 9.86. The average molecular weight is 354 g/mol. The van der Waals surface area contributed by atoms with Gasteiger partial charge in [0.05, 0.1) is 7.11 Å². The number of piperidine rings is 1. The Hall–Kier alpha value is -1.91. The number of fused-ring (bicyclic) bond motifs is 1. The second-order valence-corrected chi connectivity index (χ2v) is 7.54. The number of hydrogen-bond donors (Lipinski definition) is 1. The largest absolute Gasteiger partial charge is 0.496 e. The molecule has 1 N–H and O–H groups in total. The van der Waals surface area contributed by atoms with Gasteiger partial charge in [-0.3, -0.25) is 4.90 Å². The first-order chi connectivity index (χ1) is 12.7. The van der Waals surface area contributed by atoms with Crippen LogP contribution in [0.15, 0.2) is 42.5 Å². The molecule has 2 heterocycles. The fraction of sp³-hybridized carbons (Fsp3) is 0.455. The molecule has 0 aliphatic carbocycles. The summed E-state index contributed by atoms with van der Waals surface area (Å²) in [6, 6.07) is 14.4. The number of aryl methyl sites for hydroxylation is 1.